The smallest absolute Gasteiger partial charge is 0.0210 e. The van der Waals surface area contributed by atoms with E-state index in [0.29, 0.717) is 6.04 Å². The molecule has 2 nitrogen and oxygen atoms in total. The molecule has 0 aromatic carbocycles. The van der Waals surface area contributed by atoms with Gasteiger partial charge in [0.05, 0.1) is 0 Å². The molecule has 0 amide bonds. The molecular formula is C10H24N2. The third kappa shape index (κ3) is 6.62. The number of unbranched alkanes of at least 4 members (excludes halogenated alkanes) is 3. The Labute approximate surface area is 76.9 Å². The molecule has 0 aliphatic rings. The minimum Gasteiger partial charge on any atom is -0.271 e. The number of hydrazine groups is 1. The molecule has 0 spiro atoms. The number of nitrogens with two attached hydrogens (primary N) is 1. The topological polar surface area (TPSA) is 38.0 Å². The van der Waals surface area contributed by atoms with E-state index in [1.165, 1.54) is 44.9 Å². The van der Waals surface area contributed by atoms with Crippen molar-refractivity contribution < 1.29 is 0 Å². The Morgan fingerprint density at radius 1 is 1.00 bits per heavy atom. The van der Waals surface area contributed by atoms with Crippen LogP contribution in [-0.4, -0.2) is 6.04 Å². The third-order valence-corrected chi connectivity index (χ3v) is 2.28. The second-order valence-electron chi connectivity index (χ2n) is 3.50. The fraction of sp³-hybridized carbons (Fsp3) is 1.00. The molecule has 1 atom stereocenters. The summed E-state index contributed by atoms with van der Waals surface area (Å²) in [7, 11) is 0. The first-order valence-corrected chi connectivity index (χ1v) is 5.31. The first kappa shape index (κ1) is 11.9. The summed E-state index contributed by atoms with van der Waals surface area (Å²) in [5.74, 6) is 5.42. The predicted molar refractivity (Wildman–Crippen MR) is 54.8 cm³/mol. The zero-order valence-corrected chi connectivity index (χ0v) is 8.60. The minimum absolute atomic E-state index is 0.548. The molecule has 0 radical (unpaired) electrons. The van der Waals surface area contributed by atoms with E-state index < -0.39 is 0 Å². The maximum atomic E-state index is 5.42. The molecule has 0 saturated carbocycles. The molecule has 2 heteroatoms. The van der Waals surface area contributed by atoms with Gasteiger partial charge in [-0.05, 0) is 12.8 Å². The van der Waals surface area contributed by atoms with Crippen molar-refractivity contribution >= 4 is 0 Å². The number of rotatable bonds is 8. The van der Waals surface area contributed by atoms with Gasteiger partial charge in [0.1, 0.15) is 0 Å². The normalized spacial score (nSPS) is 13.2. The Kier molecular flexibility index (Phi) is 8.95. The summed E-state index contributed by atoms with van der Waals surface area (Å²) in [5.41, 5.74) is 2.88. The van der Waals surface area contributed by atoms with Crippen molar-refractivity contribution in [2.24, 2.45) is 5.84 Å². The second-order valence-corrected chi connectivity index (χ2v) is 3.50. The lowest BCUT2D eigenvalue weighted by molar-refractivity contribution is 0.437. The van der Waals surface area contributed by atoms with Crippen molar-refractivity contribution in [2.75, 3.05) is 0 Å². The zero-order chi connectivity index (χ0) is 9.23. The van der Waals surface area contributed by atoms with E-state index in [2.05, 4.69) is 19.3 Å². The monoisotopic (exact) mass is 172 g/mol. The standard InChI is InChI=1S/C10H24N2/c1-3-5-6-7-9-10(12-11)8-4-2/h10,12H,3-9,11H2,1-2H3/t10-/m1/s1. The van der Waals surface area contributed by atoms with Crippen molar-refractivity contribution in [3.8, 4) is 0 Å². The fourth-order valence-corrected chi connectivity index (χ4v) is 1.48. The van der Waals surface area contributed by atoms with Gasteiger partial charge in [-0.25, -0.2) is 0 Å². The summed E-state index contributed by atoms with van der Waals surface area (Å²) in [6.45, 7) is 4.45. The Bertz CT molecular complexity index is 83.9. The fourth-order valence-electron chi connectivity index (χ4n) is 1.48. The van der Waals surface area contributed by atoms with Crippen LogP contribution < -0.4 is 11.3 Å². The van der Waals surface area contributed by atoms with Gasteiger partial charge in [-0.2, -0.15) is 0 Å². The van der Waals surface area contributed by atoms with E-state index in [1.54, 1.807) is 0 Å². The van der Waals surface area contributed by atoms with Crippen LogP contribution in [0.1, 0.15) is 58.8 Å². The highest BCUT2D eigenvalue weighted by Gasteiger charge is 2.03. The molecule has 3 N–H and O–H groups in total. The second kappa shape index (κ2) is 9.01. The van der Waals surface area contributed by atoms with Crippen LogP contribution in [0.2, 0.25) is 0 Å². The molecule has 0 unspecified atom stereocenters. The van der Waals surface area contributed by atoms with Gasteiger partial charge in [-0.15, -0.1) is 0 Å². The van der Waals surface area contributed by atoms with E-state index in [9.17, 15) is 0 Å². The summed E-state index contributed by atoms with van der Waals surface area (Å²) in [4.78, 5) is 0. The van der Waals surface area contributed by atoms with Crippen molar-refractivity contribution in [3.05, 3.63) is 0 Å². The summed E-state index contributed by atoms with van der Waals surface area (Å²) < 4.78 is 0. The van der Waals surface area contributed by atoms with E-state index in [1.807, 2.05) is 0 Å². The summed E-state index contributed by atoms with van der Waals surface area (Å²) in [5, 5.41) is 0. The average molecular weight is 172 g/mol. The van der Waals surface area contributed by atoms with Crippen LogP contribution in [0.3, 0.4) is 0 Å². The van der Waals surface area contributed by atoms with Crippen molar-refractivity contribution in [1.29, 1.82) is 0 Å². The molecule has 0 saturated heterocycles. The number of hydrogen-bond acceptors (Lipinski definition) is 2. The molecule has 0 bridgehead atoms. The molecule has 0 heterocycles. The lowest BCUT2D eigenvalue weighted by Gasteiger charge is -2.13. The van der Waals surface area contributed by atoms with Crippen LogP contribution in [0.25, 0.3) is 0 Å². The Morgan fingerprint density at radius 3 is 2.25 bits per heavy atom. The van der Waals surface area contributed by atoms with E-state index in [4.69, 9.17) is 5.84 Å². The highest BCUT2D eigenvalue weighted by atomic mass is 15.2. The van der Waals surface area contributed by atoms with Crippen LogP contribution in [0.4, 0.5) is 0 Å². The Hall–Kier alpha value is -0.0800. The van der Waals surface area contributed by atoms with Crippen molar-refractivity contribution in [1.82, 2.24) is 5.43 Å². The minimum atomic E-state index is 0.548. The molecule has 12 heavy (non-hydrogen) atoms. The summed E-state index contributed by atoms with van der Waals surface area (Å²) in [6, 6.07) is 0.548. The average Bonchev–Trinajstić information content (AvgIpc) is 2.10. The first-order chi connectivity index (χ1) is 5.85. The van der Waals surface area contributed by atoms with Gasteiger partial charge in [0.15, 0.2) is 0 Å². The molecule has 0 aromatic rings. The molecular weight excluding hydrogens is 148 g/mol. The van der Waals surface area contributed by atoms with E-state index in [0.717, 1.165) is 0 Å². The Balaban J connectivity index is 3.19. The van der Waals surface area contributed by atoms with Crippen LogP contribution in [0.5, 0.6) is 0 Å². The van der Waals surface area contributed by atoms with E-state index in [-0.39, 0.29) is 0 Å². The summed E-state index contributed by atoms with van der Waals surface area (Å²) >= 11 is 0. The molecule has 0 aromatic heterocycles. The van der Waals surface area contributed by atoms with Gasteiger partial charge in [-0.3, -0.25) is 11.3 Å². The van der Waals surface area contributed by atoms with Crippen LogP contribution in [0, 0.1) is 0 Å². The molecule has 0 fully saturated rings. The van der Waals surface area contributed by atoms with Crippen LogP contribution in [-0.2, 0) is 0 Å². The van der Waals surface area contributed by atoms with Crippen LogP contribution in [0.15, 0.2) is 0 Å². The summed E-state index contributed by atoms with van der Waals surface area (Å²) in [6.07, 6.45) is 9.04. The lowest BCUT2D eigenvalue weighted by atomic mass is 10.0. The maximum Gasteiger partial charge on any atom is 0.0210 e. The molecule has 0 aliphatic carbocycles. The van der Waals surface area contributed by atoms with Crippen molar-refractivity contribution in [2.45, 2.75) is 64.8 Å². The van der Waals surface area contributed by atoms with Crippen LogP contribution >= 0.6 is 0 Å². The molecule has 0 rings (SSSR count). The first-order valence-electron chi connectivity index (χ1n) is 5.31. The molecule has 0 aliphatic heterocycles. The number of nitrogens with one attached hydrogen (secondary N) is 1. The highest BCUT2D eigenvalue weighted by molar-refractivity contribution is 4.62. The van der Waals surface area contributed by atoms with Gasteiger partial charge in [0.25, 0.3) is 0 Å². The third-order valence-electron chi connectivity index (χ3n) is 2.28. The zero-order valence-electron chi connectivity index (χ0n) is 8.60. The predicted octanol–water partition coefficient (Wildman–Crippen LogP) is 2.59. The highest BCUT2D eigenvalue weighted by Crippen LogP contribution is 2.08. The van der Waals surface area contributed by atoms with Gasteiger partial charge >= 0.3 is 0 Å². The SMILES string of the molecule is CCCCCC[C@@H](CCC)NN. The van der Waals surface area contributed by atoms with Crippen molar-refractivity contribution in [3.63, 3.8) is 0 Å². The lowest BCUT2D eigenvalue weighted by Crippen LogP contribution is -2.34. The molecule has 74 valence electrons. The van der Waals surface area contributed by atoms with Gasteiger partial charge in [0.2, 0.25) is 0 Å². The Morgan fingerprint density at radius 2 is 1.75 bits per heavy atom. The van der Waals surface area contributed by atoms with E-state index >= 15 is 0 Å². The maximum absolute atomic E-state index is 5.42. The largest absolute Gasteiger partial charge is 0.271 e. The quantitative estimate of drug-likeness (QED) is 0.335. The van der Waals surface area contributed by atoms with Gasteiger partial charge < -0.3 is 0 Å². The van der Waals surface area contributed by atoms with Gasteiger partial charge in [-0.1, -0.05) is 46.0 Å². The number of hydrogen-bond donors (Lipinski definition) is 2. The van der Waals surface area contributed by atoms with Gasteiger partial charge in [0, 0.05) is 6.04 Å².